The number of hydrogen-bond donors (Lipinski definition) is 0. The van der Waals surface area contributed by atoms with Crippen molar-refractivity contribution in [1.29, 1.82) is 0 Å². The van der Waals surface area contributed by atoms with Gasteiger partial charge < -0.3 is 9.47 Å². The van der Waals surface area contributed by atoms with Gasteiger partial charge in [0.1, 0.15) is 12.4 Å². The van der Waals surface area contributed by atoms with Crippen LogP contribution in [0, 0.1) is 6.92 Å². The fourth-order valence-corrected chi connectivity index (χ4v) is 1.54. The summed E-state index contributed by atoms with van der Waals surface area (Å²) < 4.78 is 10.1. The fraction of sp³-hybridized carbons (Fsp3) is 0.429. The van der Waals surface area contributed by atoms with Gasteiger partial charge in [0.15, 0.2) is 5.78 Å². The fourth-order valence-electron chi connectivity index (χ4n) is 1.42. The predicted octanol–water partition coefficient (Wildman–Crippen LogP) is 2.94. The second-order valence-electron chi connectivity index (χ2n) is 4.04. The van der Waals surface area contributed by atoms with Crippen LogP contribution >= 0.6 is 11.6 Å². The van der Waals surface area contributed by atoms with E-state index in [0.29, 0.717) is 17.4 Å². The topological polar surface area (TPSA) is 52.6 Å². The van der Waals surface area contributed by atoms with Crippen LogP contribution < -0.4 is 4.74 Å². The third-order valence-corrected chi connectivity index (χ3v) is 2.87. The van der Waals surface area contributed by atoms with Gasteiger partial charge in [0.25, 0.3) is 0 Å². The maximum atomic E-state index is 11.5. The van der Waals surface area contributed by atoms with Gasteiger partial charge in [-0.3, -0.25) is 9.59 Å². The average molecular weight is 285 g/mol. The molecule has 1 aromatic carbocycles. The monoisotopic (exact) mass is 284 g/mol. The molecule has 5 heteroatoms. The first-order valence-corrected chi connectivity index (χ1v) is 6.47. The van der Waals surface area contributed by atoms with E-state index >= 15 is 0 Å². The number of rotatable bonds is 7. The molecule has 4 nitrogen and oxygen atoms in total. The lowest BCUT2D eigenvalue weighted by Crippen LogP contribution is -2.14. The van der Waals surface area contributed by atoms with E-state index < -0.39 is 0 Å². The number of ketones is 1. The second kappa shape index (κ2) is 7.79. The van der Waals surface area contributed by atoms with Crippen LogP contribution in [0.1, 0.15) is 25.3 Å². The third kappa shape index (κ3) is 5.75. The Morgan fingerprint density at radius 1 is 1.26 bits per heavy atom. The number of esters is 1. The van der Waals surface area contributed by atoms with Gasteiger partial charge in [0.05, 0.1) is 13.0 Å². The van der Waals surface area contributed by atoms with E-state index in [1.165, 1.54) is 0 Å². The van der Waals surface area contributed by atoms with Crippen molar-refractivity contribution in [2.45, 2.75) is 26.7 Å². The number of carbonyl (C=O) groups excluding carboxylic acids is 2. The molecule has 0 N–H and O–H groups in total. The third-order valence-electron chi connectivity index (χ3n) is 2.44. The molecule has 0 aromatic heterocycles. The van der Waals surface area contributed by atoms with Crippen LogP contribution in [0.5, 0.6) is 5.75 Å². The molecule has 0 fully saturated rings. The predicted molar refractivity (Wildman–Crippen MR) is 72.6 cm³/mol. The Morgan fingerprint density at radius 2 is 2.00 bits per heavy atom. The second-order valence-corrected chi connectivity index (χ2v) is 4.45. The lowest BCUT2D eigenvalue weighted by Gasteiger charge is -2.07. The average Bonchev–Trinajstić information content (AvgIpc) is 2.38. The van der Waals surface area contributed by atoms with E-state index in [2.05, 4.69) is 0 Å². The summed E-state index contributed by atoms with van der Waals surface area (Å²) in [4.78, 5) is 22.6. The molecule has 104 valence electrons. The van der Waals surface area contributed by atoms with Crippen molar-refractivity contribution >= 4 is 23.4 Å². The van der Waals surface area contributed by atoms with Crippen LogP contribution in [0.2, 0.25) is 5.02 Å². The van der Waals surface area contributed by atoms with E-state index in [-0.39, 0.29) is 31.2 Å². The highest BCUT2D eigenvalue weighted by molar-refractivity contribution is 6.31. The molecule has 0 unspecified atom stereocenters. The molecule has 0 radical (unpaired) electrons. The zero-order chi connectivity index (χ0) is 14.3. The van der Waals surface area contributed by atoms with Crippen LogP contribution in [-0.4, -0.2) is 25.0 Å². The standard InChI is InChI=1S/C14H17ClO4/c1-3-18-14(17)7-4-11(16)9-19-12-5-6-13(15)10(2)8-12/h5-6,8H,3-4,7,9H2,1-2H3. The Hall–Kier alpha value is -1.55. The van der Waals surface area contributed by atoms with Gasteiger partial charge in [-0.25, -0.2) is 0 Å². The summed E-state index contributed by atoms with van der Waals surface area (Å²) in [6.07, 6.45) is 0.223. The molecule has 0 heterocycles. The zero-order valence-corrected chi connectivity index (χ0v) is 11.8. The molecular formula is C14H17ClO4. The summed E-state index contributed by atoms with van der Waals surface area (Å²) in [6, 6.07) is 5.18. The molecule has 0 aliphatic rings. The highest BCUT2D eigenvalue weighted by Gasteiger charge is 2.08. The largest absolute Gasteiger partial charge is 0.486 e. The smallest absolute Gasteiger partial charge is 0.306 e. The van der Waals surface area contributed by atoms with Crippen molar-refractivity contribution in [3.8, 4) is 5.75 Å². The summed E-state index contributed by atoms with van der Waals surface area (Å²) in [6.45, 7) is 3.86. The van der Waals surface area contributed by atoms with Gasteiger partial charge in [-0.15, -0.1) is 0 Å². The molecule has 0 aliphatic heterocycles. The van der Waals surface area contributed by atoms with Gasteiger partial charge in [0.2, 0.25) is 0 Å². The Balaban J connectivity index is 2.33. The van der Waals surface area contributed by atoms with Gasteiger partial charge in [0, 0.05) is 11.4 Å². The first-order valence-electron chi connectivity index (χ1n) is 6.09. The van der Waals surface area contributed by atoms with Crippen molar-refractivity contribution in [2.24, 2.45) is 0 Å². The number of hydrogen-bond acceptors (Lipinski definition) is 4. The Labute approximate surface area is 117 Å². The number of halogens is 1. The van der Waals surface area contributed by atoms with Crippen LogP contribution in [-0.2, 0) is 14.3 Å². The first-order chi connectivity index (χ1) is 9.02. The Bertz CT molecular complexity index is 457. The molecule has 0 amide bonds. The minimum absolute atomic E-state index is 0.0551. The minimum Gasteiger partial charge on any atom is -0.486 e. The number of carbonyl (C=O) groups is 2. The lowest BCUT2D eigenvalue weighted by atomic mass is 10.2. The molecule has 1 aromatic rings. The summed E-state index contributed by atoms with van der Waals surface area (Å²) in [5.41, 5.74) is 0.887. The number of benzene rings is 1. The highest BCUT2D eigenvalue weighted by Crippen LogP contribution is 2.20. The van der Waals surface area contributed by atoms with Crippen LogP contribution in [0.3, 0.4) is 0 Å². The quantitative estimate of drug-likeness (QED) is 0.723. The van der Waals surface area contributed by atoms with Crippen LogP contribution in [0.4, 0.5) is 0 Å². The summed E-state index contributed by atoms with van der Waals surface area (Å²) >= 11 is 5.88. The molecular weight excluding hydrogens is 268 g/mol. The maximum Gasteiger partial charge on any atom is 0.306 e. The highest BCUT2D eigenvalue weighted by atomic mass is 35.5. The van der Waals surface area contributed by atoms with Crippen molar-refractivity contribution in [1.82, 2.24) is 0 Å². The maximum absolute atomic E-state index is 11.5. The molecule has 0 saturated carbocycles. The minimum atomic E-state index is -0.363. The van der Waals surface area contributed by atoms with Crippen molar-refractivity contribution in [3.63, 3.8) is 0 Å². The van der Waals surface area contributed by atoms with Crippen molar-refractivity contribution in [3.05, 3.63) is 28.8 Å². The molecule has 0 spiro atoms. The summed E-state index contributed by atoms with van der Waals surface area (Å²) in [7, 11) is 0. The van der Waals surface area contributed by atoms with Crippen LogP contribution in [0.25, 0.3) is 0 Å². The molecule has 0 atom stereocenters. The van der Waals surface area contributed by atoms with Crippen LogP contribution in [0.15, 0.2) is 18.2 Å². The molecule has 19 heavy (non-hydrogen) atoms. The number of aryl methyl sites for hydroxylation is 1. The number of ether oxygens (including phenoxy) is 2. The molecule has 0 bridgehead atoms. The normalized spacial score (nSPS) is 10.1. The van der Waals surface area contributed by atoms with Gasteiger partial charge in [-0.2, -0.15) is 0 Å². The lowest BCUT2D eigenvalue weighted by molar-refractivity contribution is -0.144. The van der Waals surface area contributed by atoms with E-state index in [1.807, 2.05) is 6.92 Å². The van der Waals surface area contributed by atoms with Crippen molar-refractivity contribution in [2.75, 3.05) is 13.2 Å². The van der Waals surface area contributed by atoms with E-state index in [4.69, 9.17) is 21.1 Å². The van der Waals surface area contributed by atoms with Gasteiger partial charge in [-0.05, 0) is 37.6 Å². The van der Waals surface area contributed by atoms with E-state index in [0.717, 1.165) is 5.56 Å². The molecule has 0 aliphatic carbocycles. The van der Waals surface area contributed by atoms with Crippen molar-refractivity contribution < 1.29 is 19.1 Å². The number of Topliss-reactive ketones (excluding diaryl/α,β-unsaturated/α-hetero) is 1. The SMILES string of the molecule is CCOC(=O)CCC(=O)COc1ccc(Cl)c(C)c1. The van der Waals surface area contributed by atoms with E-state index in [9.17, 15) is 9.59 Å². The van der Waals surface area contributed by atoms with Gasteiger partial charge >= 0.3 is 5.97 Å². The molecule has 0 saturated heterocycles. The first kappa shape index (κ1) is 15.5. The van der Waals surface area contributed by atoms with E-state index in [1.54, 1.807) is 25.1 Å². The summed E-state index contributed by atoms with van der Waals surface area (Å²) in [5, 5.41) is 0.654. The molecule has 1 rings (SSSR count). The summed E-state index contributed by atoms with van der Waals surface area (Å²) in [5.74, 6) is 0.0882. The van der Waals surface area contributed by atoms with Gasteiger partial charge in [-0.1, -0.05) is 11.6 Å². The Morgan fingerprint density at radius 3 is 2.63 bits per heavy atom. The Kier molecular flexibility index (Phi) is 6.36. The zero-order valence-electron chi connectivity index (χ0n) is 11.1.